The van der Waals surface area contributed by atoms with Gasteiger partial charge in [-0.15, -0.1) is 0 Å². The molecule has 3 nitrogen and oxygen atoms in total. The molecule has 0 radical (unpaired) electrons. The van der Waals surface area contributed by atoms with Crippen molar-refractivity contribution in [3.05, 3.63) is 23.7 Å². The summed E-state index contributed by atoms with van der Waals surface area (Å²) < 4.78 is 24.2. The predicted octanol–water partition coefficient (Wildman–Crippen LogP) is 6.24. The topological polar surface area (TPSA) is 35.5 Å². The SMILES string of the molecule is CCCCCC1CCC(CCC2CC=C(C(F)=COCC)C(=O)O2)CC1. The fourth-order valence-electron chi connectivity index (χ4n) is 4.10. The van der Waals surface area contributed by atoms with Crippen LogP contribution >= 0.6 is 0 Å². The van der Waals surface area contributed by atoms with Crippen LogP contribution in [0.25, 0.3) is 0 Å². The second kappa shape index (κ2) is 11.4. The van der Waals surface area contributed by atoms with Crippen LogP contribution in [0, 0.1) is 11.8 Å². The van der Waals surface area contributed by atoms with E-state index < -0.39 is 11.8 Å². The average molecular weight is 367 g/mol. The molecule has 1 heterocycles. The molecule has 148 valence electrons. The third-order valence-corrected chi connectivity index (χ3v) is 5.77. The van der Waals surface area contributed by atoms with Crippen molar-refractivity contribution in [1.82, 2.24) is 0 Å². The molecular weight excluding hydrogens is 331 g/mol. The summed E-state index contributed by atoms with van der Waals surface area (Å²) in [5.74, 6) is 0.484. The molecule has 26 heavy (non-hydrogen) atoms. The van der Waals surface area contributed by atoms with Gasteiger partial charge in [0.1, 0.15) is 12.4 Å². The second-order valence-corrected chi connectivity index (χ2v) is 7.76. The first-order valence-electron chi connectivity index (χ1n) is 10.5. The van der Waals surface area contributed by atoms with Crippen LogP contribution in [-0.4, -0.2) is 18.7 Å². The summed E-state index contributed by atoms with van der Waals surface area (Å²) in [6.07, 6.45) is 15.9. The zero-order chi connectivity index (χ0) is 18.8. The first kappa shape index (κ1) is 21.0. The largest absolute Gasteiger partial charge is 0.498 e. The number of cyclic esters (lactones) is 1. The van der Waals surface area contributed by atoms with E-state index in [-0.39, 0.29) is 11.7 Å². The first-order valence-corrected chi connectivity index (χ1v) is 10.5. The molecule has 4 heteroatoms. The minimum Gasteiger partial charge on any atom is -0.498 e. The third kappa shape index (κ3) is 6.77. The molecule has 0 N–H and O–H groups in total. The van der Waals surface area contributed by atoms with Crippen LogP contribution in [0.5, 0.6) is 0 Å². The molecule has 0 saturated heterocycles. The molecule has 1 unspecified atom stereocenters. The lowest BCUT2D eigenvalue weighted by Gasteiger charge is -2.30. The summed E-state index contributed by atoms with van der Waals surface area (Å²) in [5.41, 5.74) is 0.00212. The molecule has 0 aromatic carbocycles. The van der Waals surface area contributed by atoms with Gasteiger partial charge in [0.15, 0.2) is 5.83 Å². The van der Waals surface area contributed by atoms with E-state index in [0.29, 0.717) is 13.0 Å². The van der Waals surface area contributed by atoms with Gasteiger partial charge in [-0.1, -0.05) is 64.4 Å². The van der Waals surface area contributed by atoms with Gasteiger partial charge in [0.05, 0.1) is 12.2 Å². The molecule has 1 aliphatic carbocycles. The van der Waals surface area contributed by atoms with E-state index in [9.17, 15) is 9.18 Å². The van der Waals surface area contributed by atoms with Crippen LogP contribution in [-0.2, 0) is 14.3 Å². The van der Waals surface area contributed by atoms with Gasteiger partial charge in [-0.2, -0.15) is 0 Å². The van der Waals surface area contributed by atoms with E-state index in [1.54, 1.807) is 13.0 Å². The Kier molecular flexibility index (Phi) is 9.21. The summed E-state index contributed by atoms with van der Waals surface area (Å²) in [4.78, 5) is 12.0. The molecule has 1 saturated carbocycles. The molecule has 0 aromatic rings. The smallest absolute Gasteiger partial charge is 0.341 e. The van der Waals surface area contributed by atoms with E-state index >= 15 is 0 Å². The van der Waals surface area contributed by atoms with Gasteiger partial charge < -0.3 is 9.47 Å². The van der Waals surface area contributed by atoms with Crippen LogP contribution in [0.15, 0.2) is 23.7 Å². The Morgan fingerprint density at radius 3 is 2.46 bits per heavy atom. The Hall–Kier alpha value is -1.32. The molecule has 0 aromatic heterocycles. The predicted molar refractivity (Wildman–Crippen MR) is 102 cm³/mol. The van der Waals surface area contributed by atoms with Gasteiger partial charge in [0.25, 0.3) is 0 Å². The van der Waals surface area contributed by atoms with Crippen LogP contribution in [0.4, 0.5) is 4.39 Å². The standard InChI is InChI=1S/C22H35FO3/c1-3-5-6-7-17-8-10-18(11-9-17)12-13-19-14-15-20(22(24)26-19)21(23)16-25-4-2/h15-19H,3-14H2,1-2H3. The van der Waals surface area contributed by atoms with Gasteiger partial charge in [-0.05, 0) is 31.6 Å². The van der Waals surface area contributed by atoms with E-state index in [1.807, 2.05) is 0 Å². The number of hydrogen-bond donors (Lipinski definition) is 0. The summed E-state index contributed by atoms with van der Waals surface area (Å²) in [5, 5.41) is 0. The molecular formula is C22H35FO3. The second-order valence-electron chi connectivity index (χ2n) is 7.76. The number of esters is 1. The van der Waals surface area contributed by atoms with Gasteiger partial charge in [-0.25, -0.2) is 9.18 Å². The van der Waals surface area contributed by atoms with Gasteiger partial charge >= 0.3 is 5.97 Å². The lowest BCUT2D eigenvalue weighted by molar-refractivity contribution is -0.145. The zero-order valence-corrected chi connectivity index (χ0v) is 16.5. The van der Waals surface area contributed by atoms with Crippen molar-refractivity contribution in [1.29, 1.82) is 0 Å². The van der Waals surface area contributed by atoms with Gasteiger partial charge in [0.2, 0.25) is 0 Å². The van der Waals surface area contributed by atoms with E-state index in [0.717, 1.165) is 30.9 Å². The number of halogens is 1. The van der Waals surface area contributed by atoms with Crippen molar-refractivity contribution in [2.75, 3.05) is 6.61 Å². The molecule has 1 atom stereocenters. The number of carbonyl (C=O) groups is 1. The summed E-state index contributed by atoms with van der Waals surface area (Å²) in [6.45, 7) is 4.40. The third-order valence-electron chi connectivity index (χ3n) is 5.77. The van der Waals surface area contributed by atoms with Crippen molar-refractivity contribution in [3.63, 3.8) is 0 Å². The van der Waals surface area contributed by atoms with Crippen molar-refractivity contribution < 1.29 is 18.7 Å². The highest BCUT2D eigenvalue weighted by molar-refractivity contribution is 5.93. The highest BCUT2D eigenvalue weighted by atomic mass is 19.1. The summed E-state index contributed by atoms with van der Waals surface area (Å²) in [7, 11) is 0. The lowest BCUT2D eigenvalue weighted by atomic mass is 9.77. The fourth-order valence-corrected chi connectivity index (χ4v) is 4.10. The van der Waals surface area contributed by atoms with Crippen LogP contribution < -0.4 is 0 Å². The van der Waals surface area contributed by atoms with Crippen molar-refractivity contribution in [2.45, 2.75) is 90.6 Å². The Morgan fingerprint density at radius 2 is 1.85 bits per heavy atom. The van der Waals surface area contributed by atoms with Gasteiger partial charge in [0, 0.05) is 6.42 Å². The van der Waals surface area contributed by atoms with Crippen LogP contribution in [0.1, 0.15) is 84.5 Å². The van der Waals surface area contributed by atoms with Crippen molar-refractivity contribution in [2.24, 2.45) is 11.8 Å². The number of rotatable bonds is 10. The maximum absolute atomic E-state index is 13.8. The molecule has 0 spiro atoms. The minimum atomic E-state index is -0.642. The Bertz CT molecular complexity index is 490. The van der Waals surface area contributed by atoms with Crippen molar-refractivity contribution in [3.8, 4) is 0 Å². The summed E-state index contributed by atoms with van der Waals surface area (Å²) >= 11 is 0. The Morgan fingerprint density at radius 1 is 1.15 bits per heavy atom. The fraction of sp³-hybridized carbons (Fsp3) is 0.773. The maximum Gasteiger partial charge on any atom is 0.341 e. The quantitative estimate of drug-likeness (QED) is 0.261. The number of hydrogen-bond acceptors (Lipinski definition) is 3. The first-order chi connectivity index (χ1) is 12.6. The van der Waals surface area contributed by atoms with Crippen LogP contribution in [0.2, 0.25) is 0 Å². The summed E-state index contributed by atoms with van der Waals surface area (Å²) in [6, 6.07) is 0. The minimum absolute atomic E-state index is 0.00212. The van der Waals surface area contributed by atoms with E-state index in [4.69, 9.17) is 9.47 Å². The monoisotopic (exact) mass is 366 g/mol. The lowest BCUT2D eigenvalue weighted by Crippen LogP contribution is -2.25. The molecule has 2 rings (SSSR count). The molecule has 1 aliphatic heterocycles. The zero-order valence-electron chi connectivity index (χ0n) is 16.5. The van der Waals surface area contributed by atoms with E-state index in [2.05, 4.69) is 6.92 Å². The van der Waals surface area contributed by atoms with E-state index in [1.165, 1.54) is 51.4 Å². The Labute approximate surface area is 158 Å². The number of unbranched alkanes of at least 4 members (excludes halogenated alkanes) is 2. The van der Waals surface area contributed by atoms with Crippen molar-refractivity contribution >= 4 is 5.97 Å². The highest BCUT2D eigenvalue weighted by Crippen LogP contribution is 2.35. The molecule has 0 bridgehead atoms. The highest BCUT2D eigenvalue weighted by Gasteiger charge is 2.27. The number of carbonyl (C=O) groups excluding carboxylic acids is 1. The Balaban J connectivity index is 1.68. The van der Waals surface area contributed by atoms with Crippen LogP contribution in [0.3, 0.4) is 0 Å². The molecule has 2 aliphatic rings. The normalized spacial score (nSPS) is 27.0. The molecule has 1 fully saturated rings. The molecule has 0 amide bonds. The average Bonchev–Trinajstić information content (AvgIpc) is 2.65. The van der Waals surface area contributed by atoms with Gasteiger partial charge in [-0.3, -0.25) is 0 Å². The maximum atomic E-state index is 13.8. The number of ether oxygens (including phenoxy) is 2.